The first kappa shape index (κ1) is 21.1. The number of nitrogens with zero attached hydrogens (tertiary/aromatic N) is 3. The van der Waals surface area contributed by atoms with Crippen molar-refractivity contribution in [3.63, 3.8) is 0 Å². The van der Waals surface area contributed by atoms with E-state index in [9.17, 15) is 4.79 Å². The summed E-state index contributed by atoms with van der Waals surface area (Å²) in [5, 5.41) is 0.660. The summed E-state index contributed by atoms with van der Waals surface area (Å²) in [6.07, 6.45) is 0. The number of hydrogen-bond donors (Lipinski definition) is 0. The van der Waals surface area contributed by atoms with E-state index in [1.54, 1.807) is 31.3 Å². The Balaban J connectivity index is 2.02. The van der Waals surface area contributed by atoms with Crippen molar-refractivity contribution >= 4 is 32.6 Å². The van der Waals surface area contributed by atoms with Crippen molar-refractivity contribution in [2.45, 2.75) is 13.8 Å². The molecule has 0 spiro atoms. The number of benzene rings is 2. The summed E-state index contributed by atoms with van der Waals surface area (Å²) in [7, 11) is 3.21. The minimum absolute atomic E-state index is 0.118. The van der Waals surface area contributed by atoms with Gasteiger partial charge in [-0.1, -0.05) is 43.4 Å². The number of carbonyl (C=O) groups is 1. The van der Waals surface area contributed by atoms with E-state index in [1.807, 2.05) is 30.3 Å². The lowest BCUT2D eigenvalue weighted by Gasteiger charge is -2.25. The van der Waals surface area contributed by atoms with Crippen molar-refractivity contribution in [3.8, 4) is 11.5 Å². The minimum atomic E-state index is -0.118. The van der Waals surface area contributed by atoms with E-state index in [-0.39, 0.29) is 5.91 Å². The van der Waals surface area contributed by atoms with Gasteiger partial charge in [0.1, 0.15) is 17.0 Å². The minimum Gasteiger partial charge on any atom is -0.496 e. The van der Waals surface area contributed by atoms with Crippen molar-refractivity contribution in [2.24, 2.45) is 0 Å². The second-order valence-electron chi connectivity index (χ2n) is 6.49. The normalized spacial score (nSPS) is 11.1. The second-order valence-corrected chi connectivity index (χ2v) is 7.50. The first-order valence-corrected chi connectivity index (χ1v) is 10.5. The van der Waals surface area contributed by atoms with Gasteiger partial charge in [-0.2, -0.15) is 0 Å². The van der Waals surface area contributed by atoms with Crippen LogP contribution in [0.3, 0.4) is 0 Å². The molecule has 3 rings (SSSR count). The summed E-state index contributed by atoms with van der Waals surface area (Å²) in [6.45, 7) is 7.42. The molecule has 1 amide bonds. The molecule has 0 atom stereocenters. The molecule has 0 aliphatic carbocycles. The molecule has 1 heterocycles. The van der Waals surface area contributed by atoms with E-state index in [0.29, 0.717) is 28.7 Å². The van der Waals surface area contributed by atoms with Crippen LogP contribution in [0.5, 0.6) is 11.5 Å². The topological polar surface area (TPSA) is 54.9 Å². The Bertz CT molecular complexity index is 969. The zero-order valence-corrected chi connectivity index (χ0v) is 18.2. The summed E-state index contributed by atoms with van der Waals surface area (Å²) in [4.78, 5) is 22.3. The third-order valence-corrected chi connectivity index (χ3v) is 5.98. The molecule has 0 N–H and O–H groups in total. The highest BCUT2D eigenvalue weighted by atomic mass is 32.1. The first-order valence-electron chi connectivity index (χ1n) is 9.73. The fourth-order valence-corrected chi connectivity index (χ4v) is 4.23. The molecule has 0 unspecified atom stereocenters. The summed E-state index contributed by atoms with van der Waals surface area (Å²) < 4.78 is 11.9. The monoisotopic (exact) mass is 413 g/mol. The van der Waals surface area contributed by atoms with Gasteiger partial charge >= 0.3 is 0 Å². The highest BCUT2D eigenvalue weighted by molar-refractivity contribution is 7.22. The number of carbonyl (C=O) groups excluding carboxylic acids is 1. The Morgan fingerprint density at radius 3 is 2.34 bits per heavy atom. The lowest BCUT2D eigenvalue weighted by Crippen LogP contribution is -2.39. The van der Waals surface area contributed by atoms with Crippen molar-refractivity contribution in [2.75, 3.05) is 45.3 Å². The fourth-order valence-electron chi connectivity index (χ4n) is 3.22. The molecule has 0 aliphatic rings. The second kappa shape index (κ2) is 9.71. The molecule has 0 aliphatic heterocycles. The maximum atomic E-state index is 13.5. The molecule has 0 fully saturated rings. The van der Waals surface area contributed by atoms with Crippen LogP contribution in [0.1, 0.15) is 24.2 Å². The van der Waals surface area contributed by atoms with Crippen LogP contribution in [0.4, 0.5) is 5.13 Å². The third kappa shape index (κ3) is 4.52. The molecule has 0 saturated heterocycles. The molecule has 6 nitrogen and oxygen atoms in total. The number of para-hydroxylation sites is 2. The van der Waals surface area contributed by atoms with Gasteiger partial charge in [0.05, 0.1) is 24.5 Å². The Morgan fingerprint density at radius 1 is 0.966 bits per heavy atom. The Hall–Kier alpha value is -2.64. The average molecular weight is 414 g/mol. The molecule has 1 aromatic heterocycles. The van der Waals surface area contributed by atoms with E-state index >= 15 is 0 Å². The molecular weight excluding hydrogens is 386 g/mol. The molecule has 29 heavy (non-hydrogen) atoms. The number of aromatic nitrogens is 1. The van der Waals surface area contributed by atoms with Crippen LogP contribution in [0.2, 0.25) is 0 Å². The van der Waals surface area contributed by atoms with Crippen molar-refractivity contribution in [1.29, 1.82) is 0 Å². The van der Waals surface area contributed by atoms with Crippen LogP contribution in [0.15, 0.2) is 42.5 Å². The van der Waals surface area contributed by atoms with E-state index in [4.69, 9.17) is 14.5 Å². The van der Waals surface area contributed by atoms with Gasteiger partial charge in [-0.25, -0.2) is 4.98 Å². The Kier molecular flexibility index (Phi) is 7.06. The van der Waals surface area contributed by atoms with Crippen molar-refractivity contribution < 1.29 is 14.3 Å². The maximum absolute atomic E-state index is 13.5. The molecule has 2 aromatic carbocycles. The lowest BCUT2D eigenvalue weighted by atomic mass is 10.1. The van der Waals surface area contributed by atoms with Crippen LogP contribution in [0.25, 0.3) is 10.2 Å². The highest BCUT2D eigenvalue weighted by Crippen LogP contribution is 2.35. The molecule has 0 radical (unpaired) electrons. The Labute approximate surface area is 175 Å². The van der Waals surface area contributed by atoms with E-state index in [2.05, 4.69) is 18.7 Å². The zero-order valence-electron chi connectivity index (χ0n) is 17.3. The number of amides is 1. The number of anilines is 1. The van der Waals surface area contributed by atoms with Gasteiger partial charge in [-0.3, -0.25) is 9.69 Å². The van der Waals surface area contributed by atoms with Gasteiger partial charge in [0.15, 0.2) is 5.13 Å². The van der Waals surface area contributed by atoms with E-state index < -0.39 is 0 Å². The van der Waals surface area contributed by atoms with Crippen LogP contribution in [-0.4, -0.2) is 56.2 Å². The molecule has 7 heteroatoms. The smallest absolute Gasteiger partial charge is 0.263 e. The number of methoxy groups -OCH3 is 2. The average Bonchev–Trinajstić information content (AvgIpc) is 3.20. The van der Waals surface area contributed by atoms with Crippen molar-refractivity contribution in [3.05, 3.63) is 48.0 Å². The van der Waals surface area contributed by atoms with Gasteiger partial charge < -0.3 is 14.4 Å². The van der Waals surface area contributed by atoms with Gasteiger partial charge in [-0.15, -0.1) is 0 Å². The van der Waals surface area contributed by atoms with E-state index in [0.717, 1.165) is 29.9 Å². The van der Waals surface area contributed by atoms with E-state index in [1.165, 1.54) is 11.3 Å². The van der Waals surface area contributed by atoms with Gasteiger partial charge in [0.2, 0.25) is 0 Å². The predicted octanol–water partition coefficient (Wildman–Crippen LogP) is 4.30. The predicted molar refractivity (Wildman–Crippen MR) is 119 cm³/mol. The first-order chi connectivity index (χ1) is 14.1. The van der Waals surface area contributed by atoms with Crippen LogP contribution < -0.4 is 14.4 Å². The number of thiazole rings is 1. The summed E-state index contributed by atoms with van der Waals surface area (Å²) >= 11 is 1.49. The number of hydrogen-bond acceptors (Lipinski definition) is 6. The number of fused-ring (bicyclic) bond motifs is 1. The van der Waals surface area contributed by atoms with Crippen LogP contribution in [0, 0.1) is 0 Å². The summed E-state index contributed by atoms with van der Waals surface area (Å²) in [5.41, 5.74) is 1.30. The van der Waals surface area contributed by atoms with Crippen LogP contribution >= 0.6 is 11.3 Å². The third-order valence-electron chi connectivity index (χ3n) is 4.94. The van der Waals surface area contributed by atoms with Crippen LogP contribution in [-0.2, 0) is 0 Å². The SMILES string of the molecule is CCN(CC)CCN(C(=O)c1ccccc1OC)c1nc2c(OC)cccc2s1. The standard InChI is InChI=1S/C22H27N3O3S/c1-5-24(6-2)14-15-25(21(26)16-10-7-8-11-17(16)27-3)22-23-20-18(28-4)12-9-13-19(20)29-22/h7-13H,5-6,14-15H2,1-4H3. The fraction of sp³-hybridized carbons (Fsp3) is 0.364. The number of ether oxygens (including phenoxy) is 2. The van der Waals surface area contributed by atoms with Gasteiger partial charge in [0.25, 0.3) is 5.91 Å². The summed E-state index contributed by atoms with van der Waals surface area (Å²) in [6, 6.07) is 13.1. The molecule has 0 bridgehead atoms. The molecular formula is C22H27N3O3S. The Morgan fingerprint density at radius 2 is 1.66 bits per heavy atom. The largest absolute Gasteiger partial charge is 0.496 e. The number of likely N-dealkylation sites (N-methyl/N-ethyl adjacent to an activating group) is 1. The van der Waals surface area contributed by atoms with Gasteiger partial charge in [0, 0.05) is 13.1 Å². The molecule has 154 valence electrons. The molecule has 0 saturated carbocycles. The van der Waals surface area contributed by atoms with Gasteiger partial charge in [-0.05, 0) is 37.4 Å². The maximum Gasteiger partial charge on any atom is 0.263 e. The quantitative estimate of drug-likeness (QED) is 0.523. The lowest BCUT2D eigenvalue weighted by molar-refractivity contribution is 0.0981. The highest BCUT2D eigenvalue weighted by Gasteiger charge is 2.24. The zero-order chi connectivity index (χ0) is 20.8. The molecule has 3 aromatic rings. The number of rotatable bonds is 9. The van der Waals surface area contributed by atoms with Crippen molar-refractivity contribution in [1.82, 2.24) is 9.88 Å². The summed E-state index contributed by atoms with van der Waals surface area (Å²) in [5.74, 6) is 1.15.